The van der Waals surface area contributed by atoms with Crippen LogP contribution in [0.3, 0.4) is 0 Å². The molecule has 2 N–H and O–H groups in total. The molecule has 0 heterocycles. The van der Waals surface area contributed by atoms with Crippen LogP contribution in [0, 0.1) is 5.82 Å². The van der Waals surface area contributed by atoms with E-state index in [4.69, 9.17) is 5.73 Å². The molecule has 0 aliphatic rings. The molecule has 1 unspecified atom stereocenters. The second-order valence-electron chi connectivity index (χ2n) is 2.57. The van der Waals surface area contributed by atoms with E-state index < -0.39 is 12.0 Å². The first-order valence-corrected chi connectivity index (χ1v) is 3.84. The Morgan fingerprint density at radius 1 is 1.33 bits per heavy atom. The molecule has 3 heteroatoms. The third kappa shape index (κ3) is 2.01. The van der Waals surface area contributed by atoms with Crippen molar-refractivity contribution in [3.05, 3.63) is 35.6 Å². The van der Waals surface area contributed by atoms with Gasteiger partial charge in [-0.3, -0.25) is 0 Å². The largest absolute Gasteiger partial charge is 0.330 e. The minimum Gasteiger partial charge on any atom is -0.330 e. The summed E-state index contributed by atoms with van der Waals surface area (Å²) in [7, 11) is 0. The Labute approximate surface area is 70.2 Å². The second kappa shape index (κ2) is 4.16. The molecule has 1 nitrogen and oxygen atoms in total. The van der Waals surface area contributed by atoms with Crippen molar-refractivity contribution >= 4 is 0 Å². The zero-order valence-corrected chi connectivity index (χ0v) is 6.63. The van der Waals surface area contributed by atoms with Crippen LogP contribution in [0.15, 0.2) is 24.3 Å². The van der Waals surface area contributed by atoms with Gasteiger partial charge in [0, 0.05) is 5.56 Å². The summed E-state index contributed by atoms with van der Waals surface area (Å²) >= 11 is 0. The van der Waals surface area contributed by atoms with E-state index in [0.29, 0.717) is 0 Å². The van der Waals surface area contributed by atoms with E-state index >= 15 is 0 Å². The van der Waals surface area contributed by atoms with E-state index in [9.17, 15) is 8.78 Å². The molecular formula is C9H11F2N. The van der Waals surface area contributed by atoms with Crippen molar-refractivity contribution in [1.29, 1.82) is 0 Å². The van der Waals surface area contributed by atoms with Gasteiger partial charge in [0.2, 0.25) is 0 Å². The molecule has 0 fully saturated rings. The molecule has 1 atom stereocenters. The molecule has 1 aromatic rings. The Balaban J connectivity index is 2.79. The molecule has 0 radical (unpaired) electrons. The standard InChI is InChI=1S/C9H11F2N/c10-8-4-2-1-3-7(8)9(11)5-6-12/h1-4,9H,5-6,12H2. The highest BCUT2D eigenvalue weighted by molar-refractivity contribution is 5.19. The van der Waals surface area contributed by atoms with Gasteiger partial charge in [0.1, 0.15) is 12.0 Å². The van der Waals surface area contributed by atoms with Gasteiger partial charge in [0.15, 0.2) is 0 Å². The summed E-state index contributed by atoms with van der Waals surface area (Å²) in [4.78, 5) is 0. The van der Waals surface area contributed by atoms with Crippen LogP contribution in [0.4, 0.5) is 8.78 Å². The summed E-state index contributed by atoms with van der Waals surface area (Å²) in [6, 6.07) is 5.84. The highest BCUT2D eigenvalue weighted by Crippen LogP contribution is 2.22. The van der Waals surface area contributed by atoms with Crippen LogP contribution in [0.5, 0.6) is 0 Å². The van der Waals surface area contributed by atoms with E-state index in [2.05, 4.69) is 0 Å². The predicted octanol–water partition coefficient (Wildman–Crippen LogP) is 2.19. The minimum atomic E-state index is -1.28. The molecule has 0 spiro atoms. The van der Waals surface area contributed by atoms with Crippen LogP contribution in [0.1, 0.15) is 18.2 Å². The van der Waals surface area contributed by atoms with Crippen molar-refractivity contribution in [3.63, 3.8) is 0 Å². The smallest absolute Gasteiger partial charge is 0.129 e. The summed E-state index contributed by atoms with van der Waals surface area (Å²) < 4.78 is 26.0. The van der Waals surface area contributed by atoms with Crippen LogP contribution >= 0.6 is 0 Å². The van der Waals surface area contributed by atoms with Crippen LogP contribution in [0.25, 0.3) is 0 Å². The van der Waals surface area contributed by atoms with Gasteiger partial charge in [0.05, 0.1) is 0 Å². The fraction of sp³-hybridized carbons (Fsp3) is 0.333. The molecule has 0 saturated heterocycles. The quantitative estimate of drug-likeness (QED) is 0.741. The fourth-order valence-corrected chi connectivity index (χ4v) is 1.03. The summed E-state index contributed by atoms with van der Waals surface area (Å²) in [5, 5.41) is 0. The Morgan fingerprint density at radius 2 is 2.00 bits per heavy atom. The van der Waals surface area contributed by atoms with E-state index in [0.717, 1.165) is 0 Å². The second-order valence-corrected chi connectivity index (χ2v) is 2.57. The Morgan fingerprint density at radius 3 is 2.58 bits per heavy atom. The Hall–Kier alpha value is -0.960. The van der Waals surface area contributed by atoms with Crippen molar-refractivity contribution in [2.45, 2.75) is 12.6 Å². The molecule has 12 heavy (non-hydrogen) atoms. The Kier molecular flexibility index (Phi) is 3.17. The van der Waals surface area contributed by atoms with Crippen molar-refractivity contribution in [2.75, 3.05) is 6.54 Å². The summed E-state index contributed by atoms with van der Waals surface area (Å²) in [5.41, 5.74) is 5.25. The molecule has 0 amide bonds. The number of hydrogen-bond donors (Lipinski definition) is 1. The predicted molar refractivity (Wildman–Crippen MR) is 43.9 cm³/mol. The summed E-state index contributed by atoms with van der Waals surface area (Å²) in [6.45, 7) is 0.232. The lowest BCUT2D eigenvalue weighted by Crippen LogP contribution is -2.04. The van der Waals surface area contributed by atoms with Crippen molar-refractivity contribution < 1.29 is 8.78 Å². The lowest BCUT2D eigenvalue weighted by Gasteiger charge is -2.06. The number of alkyl halides is 1. The molecule has 0 aliphatic carbocycles. The number of benzene rings is 1. The number of halogens is 2. The first-order valence-electron chi connectivity index (χ1n) is 3.84. The van der Waals surface area contributed by atoms with Crippen molar-refractivity contribution in [1.82, 2.24) is 0 Å². The molecular weight excluding hydrogens is 160 g/mol. The molecule has 0 saturated carbocycles. The highest BCUT2D eigenvalue weighted by Gasteiger charge is 2.12. The average Bonchev–Trinajstić information content (AvgIpc) is 2.05. The zero-order valence-electron chi connectivity index (χ0n) is 6.63. The normalized spacial score (nSPS) is 12.9. The SMILES string of the molecule is NCCC(F)c1ccccc1F. The monoisotopic (exact) mass is 171 g/mol. The molecule has 0 aliphatic heterocycles. The number of rotatable bonds is 3. The van der Waals surface area contributed by atoms with Crippen LogP contribution < -0.4 is 5.73 Å². The maximum atomic E-state index is 13.1. The zero-order chi connectivity index (χ0) is 8.97. The van der Waals surface area contributed by atoms with E-state index in [1.54, 1.807) is 6.07 Å². The van der Waals surface area contributed by atoms with Crippen molar-refractivity contribution in [2.24, 2.45) is 5.73 Å². The van der Waals surface area contributed by atoms with E-state index in [1.165, 1.54) is 18.2 Å². The lowest BCUT2D eigenvalue weighted by atomic mass is 10.1. The van der Waals surface area contributed by atoms with Gasteiger partial charge in [-0.15, -0.1) is 0 Å². The van der Waals surface area contributed by atoms with Crippen molar-refractivity contribution in [3.8, 4) is 0 Å². The van der Waals surface area contributed by atoms with Gasteiger partial charge in [-0.05, 0) is 19.0 Å². The number of hydrogen-bond acceptors (Lipinski definition) is 1. The molecule has 1 aromatic carbocycles. The molecule has 0 aromatic heterocycles. The van der Waals surface area contributed by atoms with E-state index in [1.807, 2.05) is 0 Å². The lowest BCUT2D eigenvalue weighted by molar-refractivity contribution is 0.317. The van der Waals surface area contributed by atoms with Gasteiger partial charge in [-0.2, -0.15) is 0 Å². The topological polar surface area (TPSA) is 26.0 Å². The van der Waals surface area contributed by atoms with Gasteiger partial charge in [0.25, 0.3) is 0 Å². The maximum absolute atomic E-state index is 13.1. The van der Waals surface area contributed by atoms with Crippen LogP contribution in [0.2, 0.25) is 0 Å². The third-order valence-electron chi connectivity index (χ3n) is 1.66. The average molecular weight is 171 g/mol. The van der Waals surface area contributed by atoms with Gasteiger partial charge in [-0.25, -0.2) is 8.78 Å². The molecule has 0 bridgehead atoms. The Bertz CT molecular complexity index is 250. The first kappa shape index (κ1) is 9.13. The first-order chi connectivity index (χ1) is 5.75. The summed E-state index contributed by atoms with van der Waals surface area (Å²) in [6.07, 6.45) is -1.11. The third-order valence-corrected chi connectivity index (χ3v) is 1.66. The minimum absolute atomic E-state index is 0.1000. The molecule has 66 valence electrons. The van der Waals surface area contributed by atoms with Gasteiger partial charge < -0.3 is 5.73 Å². The fourth-order valence-electron chi connectivity index (χ4n) is 1.03. The van der Waals surface area contributed by atoms with Crippen LogP contribution in [-0.2, 0) is 0 Å². The molecule has 1 rings (SSSR count). The summed E-state index contributed by atoms with van der Waals surface area (Å²) in [5.74, 6) is -0.501. The highest BCUT2D eigenvalue weighted by atomic mass is 19.1. The van der Waals surface area contributed by atoms with Gasteiger partial charge in [-0.1, -0.05) is 18.2 Å². The number of nitrogens with two attached hydrogens (primary N) is 1. The maximum Gasteiger partial charge on any atom is 0.129 e. The van der Waals surface area contributed by atoms with E-state index in [-0.39, 0.29) is 18.5 Å². The van der Waals surface area contributed by atoms with Crippen LogP contribution in [-0.4, -0.2) is 6.54 Å². The van der Waals surface area contributed by atoms with Gasteiger partial charge >= 0.3 is 0 Å².